The zero-order valence-electron chi connectivity index (χ0n) is 20.2. The van der Waals surface area contributed by atoms with Crippen LogP contribution in [-0.4, -0.2) is 56.8 Å². The number of nitrogens with zero attached hydrogens (tertiary/aromatic N) is 2. The van der Waals surface area contributed by atoms with Crippen molar-refractivity contribution in [3.63, 3.8) is 0 Å². The van der Waals surface area contributed by atoms with Crippen LogP contribution in [0.25, 0.3) is 0 Å². The van der Waals surface area contributed by atoms with Crippen molar-refractivity contribution in [2.24, 2.45) is 0 Å². The smallest absolute Gasteiger partial charge is 0.251 e. The second kappa shape index (κ2) is 11.0. The zero-order valence-corrected chi connectivity index (χ0v) is 21.1. The van der Waals surface area contributed by atoms with Crippen molar-refractivity contribution >= 4 is 33.2 Å². The summed E-state index contributed by atoms with van der Waals surface area (Å²) >= 11 is 0. The van der Waals surface area contributed by atoms with Crippen molar-refractivity contribution in [2.75, 3.05) is 30.4 Å². The van der Waals surface area contributed by atoms with Crippen LogP contribution in [0.1, 0.15) is 50.4 Å². The van der Waals surface area contributed by atoms with E-state index in [0.29, 0.717) is 0 Å². The average Bonchev–Trinajstić information content (AvgIpc) is 3.33. The molecule has 0 spiro atoms. The number of anilines is 2. The van der Waals surface area contributed by atoms with E-state index < -0.39 is 22.0 Å². The van der Waals surface area contributed by atoms with Gasteiger partial charge in [-0.15, -0.1) is 0 Å². The van der Waals surface area contributed by atoms with Crippen molar-refractivity contribution in [3.05, 3.63) is 54.1 Å². The van der Waals surface area contributed by atoms with Gasteiger partial charge in [0.2, 0.25) is 15.9 Å². The Balaban J connectivity index is 1.59. The minimum absolute atomic E-state index is 0.0552. The highest BCUT2D eigenvalue weighted by molar-refractivity contribution is 7.89. The molecule has 2 aromatic rings. The number of carbonyl (C=O) groups excluding carboxylic acids is 2. The molecule has 34 heavy (non-hydrogen) atoms. The Morgan fingerprint density at radius 3 is 2.38 bits per heavy atom. The second-order valence-corrected chi connectivity index (χ2v) is 11.0. The number of sulfonamides is 1. The van der Waals surface area contributed by atoms with Crippen LogP contribution in [-0.2, 0) is 14.8 Å². The molecule has 2 aromatic carbocycles. The van der Waals surface area contributed by atoms with E-state index in [1.165, 1.54) is 36.3 Å². The molecule has 184 valence electrons. The third-order valence-corrected chi connectivity index (χ3v) is 8.00. The predicted molar refractivity (Wildman–Crippen MR) is 135 cm³/mol. The quantitative estimate of drug-likeness (QED) is 0.566. The van der Waals surface area contributed by atoms with Gasteiger partial charge >= 0.3 is 0 Å². The van der Waals surface area contributed by atoms with Crippen LogP contribution in [0, 0.1) is 0 Å². The monoisotopic (exact) mass is 486 g/mol. The van der Waals surface area contributed by atoms with E-state index in [2.05, 4.69) is 15.5 Å². The molecule has 1 heterocycles. The fourth-order valence-electron chi connectivity index (χ4n) is 3.85. The van der Waals surface area contributed by atoms with Crippen molar-refractivity contribution < 1.29 is 18.0 Å². The molecule has 1 fully saturated rings. The van der Waals surface area contributed by atoms with E-state index >= 15 is 0 Å². The van der Waals surface area contributed by atoms with Gasteiger partial charge in [-0.3, -0.25) is 9.59 Å². The number of nitrogens with one attached hydrogen (secondary N) is 2. The molecule has 0 aliphatic carbocycles. The summed E-state index contributed by atoms with van der Waals surface area (Å²) in [5.74, 6) is -0.637. The maximum absolute atomic E-state index is 12.7. The van der Waals surface area contributed by atoms with Gasteiger partial charge in [0, 0.05) is 55.6 Å². The minimum atomic E-state index is -3.70. The molecule has 0 bridgehead atoms. The van der Waals surface area contributed by atoms with Crippen LogP contribution in [0.3, 0.4) is 0 Å². The van der Waals surface area contributed by atoms with Gasteiger partial charge in [0.1, 0.15) is 0 Å². The first-order valence-electron chi connectivity index (χ1n) is 11.6. The molecule has 0 saturated carbocycles. The summed E-state index contributed by atoms with van der Waals surface area (Å²) in [6.07, 6.45) is 2.45. The third kappa shape index (κ3) is 6.36. The molecule has 2 N–H and O–H groups in total. The maximum atomic E-state index is 12.7. The van der Waals surface area contributed by atoms with Gasteiger partial charge < -0.3 is 15.5 Å². The standard InChI is InChI=1S/C25H34N4O4S/c1-18(2)28(4)34(32,33)23-12-7-9-20(16-23)25(31)26-19(3)15-24(30)27-21-10-8-11-22(17-21)29-13-5-6-14-29/h7-12,16-19H,5-6,13-15H2,1-4H3,(H,26,31)(H,27,30). The Morgan fingerprint density at radius 2 is 1.71 bits per heavy atom. The van der Waals surface area contributed by atoms with E-state index in [1.807, 2.05) is 24.3 Å². The summed E-state index contributed by atoms with van der Waals surface area (Å²) in [6, 6.07) is 13.1. The summed E-state index contributed by atoms with van der Waals surface area (Å²) in [5, 5.41) is 5.68. The molecule has 1 unspecified atom stereocenters. The molecule has 2 amide bonds. The molecule has 3 rings (SSSR count). The molecule has 0 radical (unpaired) electrons. The fourth-order valence-corrected chi connectivity index (χ4v) is 5.26. The van der Waals surface area contributed by atoms with Gasteiger partial charge in [-0.1, -0.05) is 12.1 Å². The predicted octanol–water partition coefficient (Wildman–Crippen LogP) is 3.46. The van der Waals surface area contributed by atoms with Crippen LogP contribution >= 0.6 is 0 Å². The first-order chi connectivity index (χ1) is 16.1. The number of benzene rings is 2. The molecule has 1 aliphatic heterocycles. The van der Waals surface area contributed by atoms with E-state index in [4.69, 9.17) is 0 Å². The maximum Gasteiger partial charge on any atom is 0.251 e. The van der Waals surface area contributed by atoms with E-state index in [0.717, 1.165) is 24.5 Å². The molecular weight excluding hydrogens is 452 g/mol. The normalized spacial score (nSPS) is 14.9. The summed E-state index contributed by atoms with van der Waals surface area (Å²) in [4.78, 5) is 27.6. The van der Waals surface area contributed by atoms with Gasteiger partial charge in [0.25, 0.3) is 5.91 Å². The molecule has 8 nitrogen and oxygen atoms in total. The highest BCUT2D eigenvalue weighted by Crippen LogP contribution is 2.23. The fraction of sp³-hybridized carbons (Fsp3) is 0.440. The van der Waals surface area contributed by atoms with Crippen LogP contribution in [0.2, 0.25) is 0 Å². The van der Waals surface area contributed by atoms with Crippen molar-refractivity contribution in [1.29, 1.82) is 0 Å². The van der Waals surface area contributed by atoms with Gasteiger partial charge in [-0.05, 0) is 70.0 Å². The first kappa shape index (κ1) is 25.7. The van der Waals surface area contributed by atoms with E-state index in [9.17, 15) is 18.0 Å². The summed E-state index contributed by atoms with van der Waals surface area (Å²) in [6.45, 7) is 7.35. The SMILES string of the molecule is CC(CC(=O)Nc1cccc(N2CCCC2)c1)NC(=O)c1cccc(S(=O)(=O)N(C)C(C)C)c1. The molecule has 0 aromatic heterocycles. The number of hydrogen-bond donors (Lipinski definition) is 2. The van der Waals surface area contributed by atoms with Crippen LogP contribution in [0.15, 0.2) is 53.4 Å². The van der Waals surface area contributed by atoms with Gasteiger partial charge in [0.05, 0.1) is 4.90 Å². The second-order valence-electron chi connectivity index (χ2n) is 9.01. The Morgan fingerprint density at radius 1 is 1.03 bits per heavy atom. The Kier molecular flexibility index (Phi) is 8.33. The Hall–Kier alpha value is -2.91. The average molecular weight is 487 g/mol. The Labute approximate surface area is 202 Å². The van der Waals surface area contributed by atoms with Gasteiger partial charge in [-0.25, -0.2) is 8.42 Å². The van der Waals surface area contributed by atoms with E-state index in [1.54, 1.807) is 32.9 Å². The van der Waals surface area contributed by atoms with Crippen molar-refractivity contribution in [2.45, 2.75) is 57.0 Å². The Bertz CT molecular complexity index is 1130. The molecule has 1 atom stereocenters. The number of hydrogen-bond acceptors (Lipinski definition) is 5. The molecule has 9 heteroatoms. The lowest BCUT2D eigenvalue weighted by atomic mass is 10.1. The lowest BCUT2D eigenvalue weighted by molar-refractivity contribution is -0.116. The van der Waals surface area contributed by atoms with Crippen molar-refractivity contribution in [1.82, 2.24) is 9.62 Å². The number of rotatable bonds is 9. The lowest BCUT2D eigenvalue weighted by Gasteiger charge is -2.21. The molecule has 1 saturated heterocycles. The highest BCUT2D eigenvalue weighted by Gasteiger charge is 2.24. The highest BCUT2D eigenvalue weighted by atomic mass is 32.2. The molecule has 1 aliphatic rings. The summed E-state index contributed by atoms with van der Waals surface area (Å²) < 4.78 is 26.7. The summed E-state index contributed by atoms with van der Waals surface area (Å²) in [5.41, 5.74) is 2.04. The third-order valence-electron chi connectivity index (χ3n) is 5.97. The zero-order chi connectivity index (χ0) is 24.9. The van der Waals surface area contributed by atoms with Crippen LogP contribution in [0.5, 0.6) is 0 Å². The lowest BCUT2D eigenvalue weighted by Crippen LogP contribution is -2.36. The van der Waals surface area contributed by atoms with Crippen LogP contribution < -0.4 is 15.5 Å². The van der Waals surface area contributed by atoms with E-state index in [-0.39, 0.29) is 28.8 Å². The first-order valence-corrected chi connectivity index (χ1v) is 13.1. The number of carbonyl (C=O) groups is 2. The molecular formula is C25H34N4O4S. The number of amides is 2. The largest absolute Gasteiger partial charge is 0.371 e. The summed E-state index contributed by atoms with van der Waals surface area (Å²) in [7, 11) is -2.19. The minimum Gasteiger partial charge on any atom is -0.371 e. The van der Waals surface area contributed by atoms with Crippen LogP contribution in [0.4, 0.5) is 11.4 Å². The van der Waals surface area contributed by atoms with Crippen molar-refractivity contribution in [3.8, 4) is 0 Å². The topological polar surface area (TPSA) is 98.8 Å². The van der Waals surface area contributed by atoms with Gasteiger partial charge in [0.15, 0.2) is 0 Å². The van der Waals surface area contributed by atoms with Gasteiger partial charge in [-0.2, -0.15) is 4.31 Å².